The minimum atomic E-state index is -0.343. The molecule has 21 heavy (non-hydrogen) atoms. The highest BCUT2D eigenvalue weighted by Gasteiger charge is 2.38. The number of benzene rings is 1. The van der Waals surface area contributed by atoms with Gasteiger partial charge >= 0.3 is 5.97 Å². The van der Waals surface area contributed by atoms with E-state index in [2.05, 4.69) is 16.8 Å². The molecule has 110 valence electrons. The molecule has 2 heterocycles. The van der Waals surface area contributed by atoms with Gasteiger partial charge in [0.2, 0.25) is 0 Å². The molecule has 1 aliphatic rings. The largest absolute Gasteiger partial charge is 0.465 e. The zero-order valence-electron chi connectivity index (χ0n) is 12.4. The van der Waals surface area contributed by atoms with Crippen LogP contribution in [0, 0.1) is 0 Å². The fourth-order valence-corrected chi connectivity index (χ4v) is 2.69. The highest BCUT2D eigenvalue weighted by Crippen LogP contribution is 2.32. The van der Waals surface area contributed by atoms with E-state index in [4.69, 9.17) is 9.47 Å². The van der Waals surface area contributed by atoms with Crippen molar-refractivity contribution in [2.45, 2.75) is 12.5 Å². The highest BCUT2D eigenvalue weighted by atomic mass is 16.5. The van der Waals surface area contributed by atoms with Crippen LogP contribution in [-0.2, 0) is 9.47 Å². The first-order chi connectivity index (χ1) is 10.1. The lowest BCUT2D eigenvalue weighted by Gasteiger charge is -2.48. The van der Waals surface area contributed by atoms with Crippen molar-refractivity contribution in [2.24, 2.45) is 0 Å². The second-order valence-electron chi connectivity index (χ2n) is 5.56. The summed E-state index contributed by atoms with van der Waals surface area (Å²) in [4.78, 5) is 18.4. The molecule has 5 heteroatoms. The summed E-state index contributed by atoms with van der Waals surface area (Å²) < 4.78 is 10.3. The number of aromatic nitrogens is 1. The topological polar surface area (TPSA) is 51.7 Å². The molecule has 0 amide bonds. The Morgan fingerprint density at radius 3 is 2.71 bits per heavy atom. The summed E-state index contributed by atoms with van der Waals surface area (Å²) in [5.74, 6) is -0.343. The van der Waals surface area contributed by atoms with E-state index >= 15 is 0 Å². The molecule has 1 aliphatic heterocycles. The summed E-state index contributed by atoms with van der Waals surface area (Å²) in [6, 6.07) is 7.63. The van der Waals surface area contributed by atoms with Crippen molar-refractivity contribution in [3.05, 3.63) is 36.0 Å². The Labute approximate surface area is 123 Å². The predicted octanol–water partition coefficient (Wildman–Crippen LogP) is 2.25. The predicted molar refractivity (Wildman–Crippen MR) is 80.7 cm³/mol. The number of hydrogen-bond donors (Lipinski definition) is 0. The third-order valence-corrected chi connectivity index (χ3v) is 4.04. The molecule has 5 nitrogen and oxygen atoms in total. The van der Waals surface area contributed by atoms with Crippen molar-refractivity contribution in [1.82, 2.24) is 4.98 Å². The number of esters is 1. The number of hydrogen-bond acceptors (Lipinski definition) is 5. The van der Waals surface area contributed by atoms with Crippen LogP contribution in [0.5, 0.6) is 0 Å². The molecule has 1 saturated heterocycles. The quantitative estimate of drug-likeness (QED) is 0.810. The smallest absolute Gasteiger partial charge is 0.338 e. The maximum Gasteiger partial charge on any atom is 0.338 e. The molecule has 0 saturated carbocycles. The van der Waals surface area contributed by atoms with Crippen LogP contribution in [0.25, 0.3) is 10.9 Å². The Bertz CT molecular complexity index is 693. The monoisotopic (exact) mass is 286 g/mol. The molecule has 1 fully saturated rings. The van der Waals surface area contributed by atoms with E-state index < -0.39 is 0 Å². The van der Waals surface area contributed by atoms with Crippen molar-refractivity contribution in [3.63, 3.8) is 0 Å². The number of ether oxygens (including phenoxy) is 2. The van der Waals surface area contributed by atoms with Gasteiger partial charge in [0.15, 0.2) is 0 Å². The normalized spacial score (nSPS) is 16.6. The first kappa shape index (κ1) is 13.8. The van der Waals surface area contributed by atoms with Crippen LogP contribution in [-0.4, -0.2) is 43.9 Å². The number of carbonyl (C=O) groups is 1. The SMILES string of the molecule is COC(=O)c1ccnc2ccc(N3CC(C)(OC)C3)cc12. The molecule has 3 rings (SSSR count). The average molecular weight is 286 g/mol. The van der Waals surface area contributed by atoms with Crippen LogP contribution in [0.2, 0.25) is 0 Å². The maximum absolute atomic E-state index is 11.9. The van der Waals surface area contributed by atoms with Crippen LogP contribution in [0.15, 0.2) is 30.5 Å². The summed E-state index contributed by atoms with van der Waals surface area (Å²) in [6.45, 7) is 3.76. The Balaban J connectivity index is 1.98. The molecule has 1 aromatic heterocycles. The van der Waals surface area contributed by atoms with Crippen LogP contribution in [0.3, 0.4) is 0 Å². The van der Waals surface area contributed by atoms with Crippen LogP contribution in [0.4, 0.5) is 5.69 Å². The third kappa shape index (κ3) is 2.34. The molecular formula is C16H18N2O3. The van der Waals surface area contributed by atoms with Crippen molar-refractivity contribution >= 4 is 22.6 Å². The second kappa shape index (κ2) is 5.00. The van der Waals surface area contributed by atoms with E-state index in [1.165, 1.54) is 7.11 Å². The number of rotatable bonds is 3. The number of carbonyl (C=O) groups excluding carboxylic acids is 1. The molecule has 0 radical (unpaired) electrons. The number of fused-ring (bicyclic) bond motifs is 1. The molecule has 0 spiro atoms. The van der Waals surface area contributed by atoms with Gasteiger partial charge in [-0.3, -0.25) is 4.98 Å². The Morgan fingerprint density at radius 1 is 1.29 bits per heavy atom. The summed E-state index contributed by atoms with van der Waals surface area (Å²) >= 11 is 0. The lowest BCUT2D eigenvalue weighted by Crippen LogP contribution is -2.61. The molecule has 0 bridgehead atoms. The Kier molecular flexibility index (Phi) is 3.29. The zero-order chi connectivity index (χ0) is 15.0. The first-order valence-corrected chi connectivity index (χ1v) is 6.83. The van der Waals surface area contributed by atoms with Gasteiger partial charge in [-0.1, -0.05) is 0 Å². The summed E-state index contributed by atoms with van der Waals surface area (Å²) in [6.07, 6.45) is 1.62. The van der Waals surface area contributed by atoms with E-state index in [1.54, 1.807) is 19.4 Å². The van der Waals surface area contributed by atoms with Crippen molar-refractivity contribution in [2.75, 3.05) is 32.2 Å². The molecule has 0 aliphatic carbocycles. The van der Waals surface area contributed by atoms with E-state index in [1.807, 2.05) is 18.2 Å². The standard InChI is InChI=1S/C16H18N2O3/c1-16(21-3)9-18(10-16)11-4-5-14-13(8-11)12(6-7-17-14)15(19)20-2/h4-8H,9-10H2,1-3H3. The number of pyridine rings is 1. The third-order valence-electron chi connectivity index (χ3n) is 4.04. The first-order valence-electron chi connectivity index (χ1n) is 6.83. The van der Waals surface area contributed by atoms with E-state index in [0.717, 1.165) is 29.7 Å². The van der Waals surface area contributed by atoms with Crippen LogP contribution in [0.1, 0.15) is 17.3 Å². The van der Waals surface area contributed by atoms with Crippen molar-refractivity contribution in [3.8, 4) is 0 Å². The molecule has 2 aromatic rings. The van der Waals surface area contributed by atoms with Gasteiger partial charge in [-0.25, -0.2) is 4.79 Å². The van der Waals surface area contributed by atoms with Crippen LogP contribution < -0.4 is 4.90 Å². The molecule has 0 atom stereocenters. The summed E-state index contributed by atoms with van der Waals surface area (Å²) in [5.41, 5.74) is 2.31. The number of anilines is 1. The lowest BCUT2D eigenvalue weighted by atomic mass is 9.95. The highest BCUT2D eigenvalue weighted by molar-refractivity contribution is 6.04. The van der Waals surface area contributed by atoms with Gasteiger partial charge in [-0.05, 0) is 31.2 Å². The fourth-order valence-electron chi connectivity index (χ4n) is 2.69. The molecule has 0 N–H and O–H groups in total. The minimum Gasteiger partial charge on any atom is -0.465 e. The molecular weight excluding hydrogens is 268 g/mol. The Hall–Kier alpha value is -2.14. The van der Waals surface area contributed by atoms with Gasteiger partial charge in [0, 0.05) is 37.5 Å². The maximum atomic E-state index is 11.9. The van der Waals surface area contributed by atoms with E-state index in [-0.39, 0.29) is 11.6 Å². The average Bonchev–Trinajstić information content (AvgIpc) is 2.50. The van der Waals surface area contributed by atoms with Gasteiger partial charge < -0.3 is 14.4 Å². The van der Waals surface area contributed by atoms with Gasteiger partial charge in [-0.2, -0.15) is 0 Å². The Morgan fingerprint density at radius 2 is 2.05 bits per heavy atom. The zero-order valence-corrected chi connectivity index (χ0v) is 12.4. The minimum absolute atomic E-state index is 0.0882. The number of methoxy groups -OCH3 is 2. The summed E-state index contributed by atoms with van der Waals surface area (Å²) in [7, 11) is 3.12. The molecule has 1 aromatic carbocycles. The van der Waals surface area contributed by atoms with Gasteiger partial charge in [0.1, 0.15) is 0 Å². The summed E-state index contributed by atoms with van der Waals surface area (Å²) in [5, 5.41) is 0.813. The van der Waals surface area contributed by atoms with Crippen molar-refractivity contribution < 1.29 is 14.3 Å². The lowest BCUT2D eigenvalue weighted by molar-refractivity contribution is -0.0167. The second-order valence-corrected chi connectivity index (χ2v) is 5.56. The number of nitrogens with zero attached hydrogens (tertiary/aromatic N) is 2. The van der Waals surface area contributed by atoms with Gasteiger partial charge in [0.25, 0.3) is 0 Å². The fraction of sp³-hybridized carbons (Fsp3) is 0.375. The van der Waals surface area contributed by atoms with E-state index in [9.17, 15) is 4.79 Å². The van der Waals surface area contributed by atoms with E-state index in [0.29, 0.717) is 5.56 Å². The molecule has 0 unspecified atom stereocenters. The van der Waals surface area contributed by atoms with Crippen LogP contribution >= 0.6 is 0 Å². The van der Waals surface area contributed by atoms with Crippen molar-refractivity contribution in [1.29, 1.82) is 0 Å². The van der Waals surface area contributed by atoms with Gasteiger partial charge in [0.05, 0.1) is 23.8 Å². The van der Waals surface area contributed by atoms with Gasteiger partial charge in [-0.15, -0.1) is 0 Å².